The summed E-state index contributed by atoms with van der Waals surface area (Å²) in [7, 11) is 0. The number of halogens is 1. The molecule has 1 aliphatic rings. The van der Waals surface area contributed by atoms with E-state index in [1.54, 1.807) is 12.1 Å². The summed E-state index contributed by atoms with van der Waals surface area (Å²) < 4.78 is 10.8. The van der Waals surface area contributed by atoms with Crippen LogP contribution in [0.5, 0.6) is 11.5 Å². The molecular weight excluding hydrogens is 288 g/mol. The Morgan fingerprint density at radius 3 is 2.76 bits per heavy atom. The molecule has 2 heterocycles. The summed E-state index contributed by atoms with van der Waals surface area (Å²) in [6, 6.07) is 5.13. The van der Waals surface area contributed by atoms with Gasteiger partial charge in [0.1, 0.15) is 16.2 Å². The van der Waals surface area contributed by atoms with Gasteiger partial charge in [0.15, 0.2) is 11.5 Å². The van der Waals surface area contributed by atoms with E-state index in [9.17, 15) is 4.79 Å². The topological polar surface area (TPSA) is 75.1 Å². The van der Waals surface area contributed by atoms with Gasteiger partial charge in [-0.25, -0.2) is 0 Å². The van der Waals surface area contributed by atoms with Crippen LogP contribution in [0, 0.1) is 11.3 Å². The number of rotatable bonds is 0. The third-order valence-corrected chi connectivity index (χ3v) is 3.15. The van der Waals surface area contributed by atoms with Gasteiger partial charge in [0.2, 0.25) is 12.2 Å². The molecule has 6 heteroatoms. The highest BCUT2D eigenvalue weighted by atomic mass is 79.9. The highest BCUT2D eigenvalue weighted by molar-refractivity contribution is 9.10. The van der Waals surface area contributed by atoms with Crippen molar-refractivity contribution in [1.82, 2.24) is 4.98 Å². The van der Waals surface area contributed by atoms with E-state index in [1.165, 1.54) is 0 Å². The number of hydrogen-bond donors (Lipinski definition) is 1. The summed E-state index contributed by atoms with van der Waals surface area (Å²) in [6.07, 6.45) is 0. The first kappa shape index (κ1) is 10.2. The van der Waals surface area contributed by atoms with Gasteiger partial charge in [-0.1, -0.05) is 0 Å². The zero-order valence-corrected chi connectivity index (χ0v) is 10.00. The number of aromatic nitrogens is 1. The summed E-state index contributed by atoms with van der Waals surface area (Å²) >= 11 is 3.16. The van der Waals surface area contributed by atoms with Crippen LogP contribution >= 0.6 is 15.9 Å². The van der Waals surface area contributed by atoms with E-state index in [0.29, 0.717) is 27.0 Å². The minimum Gasteiger partial charge on any atom is -0.454 e. The molecule has 1 aromatic carbocycles. The van der Waals surface area contributed by atoms with Gasteiger partial charge in [0.25, 0.3) is 0 Å². The van der Waals surface area contributed by atoms with Crippen molar-refractivity contribution < 1.29 is 9.47 Å². The Kier molecular flexibility index (Phi) is 2.09. The van der Waals surface area contributed by atoms with Gasteiger partial charge in [-0.15, -0.1) is 0 Å². The van der Waals surface area contributed by atoms with Gasteiger partial charge in [0.05, 0.1) is 10.9 Å². The molecule has 0 saturated carbocycles. The van der Waals surface area contributed by atoms with Crippen LogP contribution in [0.15, 0.2) is 21.5 Å². The number of fused-ring (bicyclic) bond motifs is 2. The van der Waals surface area contributed by atoms with E-state index in [4.69, 9.17) is 14.7 Å². The molecule has 5 nitrogen and oxygen atoms in total. The Labute approximate surface area is 104 Å². The van der Waals surface area contributed by atoms with E-state index < -0.39 is 0 Å². The SMILES string of the molecule is N#Cc1c(Br)[nH]c2cc3c(cc2c1=O)OCO3. The summed E-state index contributed by atoms with van der Waals surface area (Å²) in [5.74, 6) is 1.11. The third-order valence-electron chi connectivity index (χ3n) is 2.56. The van der Waals surface area contributed by atoms with Gasteiger partial charge in [-0.05, 0) is 22.0 Å². The summed E-state index contributed by atoms with van der Waals surface area (Å²) in [5, 5.41) is 9.31. The predicted molar refractivity (Wildman–Crippen MR) is 63.1 cm³/mol. The molecule has 0 bridgehead atoms. The van der Waals surface area contributed by atoms with Crippen molar-refractivity contribution in [2.24, 2.45) is 0 Å². The largest absolute Gasteiger partial charge is 0.454 e. The molecule has 0 saturated heterocycles. The monoisotopic (exact) mass is 292 g/mol. The molecule has 0 amide bonds. The van der Waals surface area contributed by atoms with Crippen molar-refractivity contribution >= 4 is 26.8 Å². The average molecular weight is 293 g/mol. The first-order chi connectivity index (χ1) is 8.20. The Morgan fingerprint density at radius 2 is 2.06 bits per heavy atom. The third kappa shape index (κ3) is 1.40. The molecule has 1 N–H and O–H groups in total. The lowest BCUT2D eigenvalue weighted by Crippen LogP contribution is -2.08. The van der Waals surface area contributed by atoms with Gasteiger partial charge in [-0.3, -0.25) is 4.79 Å². The van der Waals surface area contributed by atoms with Crippen molar-refractivity contribution in [3.05, 3.63) is 32.5 Å². The smallest absolute Gasteiger partial charge is 0.231 e. The van der Waals surface area contributed by atoms with Crippen LogP contribution in [0.3, 0.4) is 0 Å². The second kappa shape index (κ2) is 3.50. The van der Waals surface area contributed by atoms with Crippen LogP contribution in [0.1, 0.15) is 5.56 Å². The molecule has 1 aliphatic heterocycles. The maximum Gasteiger partial charge on any atom is 0.231 e. The van der Waals surface area contributed by atoms with Gasteiger partial charge in [-0.2, -0.15) is 5.26 Å². The molecule has 0 fully saturated rings. The van der Waals surface area contributed by atoms with Crippen LogP contribution in [0.25, 0.3) is 10.9 Å². The van der Waals surface area contributed by atoms with E-state index in [-0.39, 0.29) is 17.8 Å². The molecule has 3 rings (SSSR count). The fourth-order valence-electron chi connectivity index (χ4n) is 1.75. The summed E-state index contributed by atoms with van der Waals surface area (Å²) in [5.41, 5.74) is 0.327. The van der Waals surface area contributed by atoms with Crippen molar-refractivity contribution in [3.8, 4) is 17.6 Å². The van der Waals surface area contributed by atoms with E-state index in [0.717, 1.165) is 0 Å². The number of aromatic amines is 1. The lowest BCUT2D eigenvalue weighted by molar-refractivity contribution is 0.174. The first-order valence-corrected chi connectivity index (χ1v) is 5.55. The Hall–Kier alpha value is -2.00. The molecular formula is C11H5BrN2O3. The molecule has 0 atom stereocenters. The molecule has 0 spiro atoms. The molecule has 0 radical (unpaired) electrons. The number of nitriles is 1. The Balaban J connectivity index is 2.45. The minimum absolute atomic E-state index is 0.0522. The van der Waals surface area contributed by atoms with Crippen LogP contribution in [-0.4, -0.2) is 11.8 Å². The lowest BCUT2D eigenvalue weighted by atomic mass is 10.1. The number of ether oxygens (including phenoxy) is 2. The second-order valence-electron chi connectivity index (χ2n) is 3.51. The number of nitrogens with one attached hydrogen (secondary N) is 1. The normalized spacial score (nSPS) is 12.7. The second-order valence-corrected chi connectivity index (χ2v) is 4.30. The first-order valence-electron chi connectivity index (χ1n) is 4.76. The standard InChI is InChI=1S/C11H5BrN2O3/c12-11-6(3-13)10(15)5-1-8-9(17-4-16-8)2-7(5)14-11/h1-2H,4H2,(H,14,15). The molecule has 0 unspecified atom stereocenters. The quantitative estimate of drug-likeness (QED) is 0.753. The number of benzene rings is 1. The molecule has 2 aromatic rings. The highest BCUT2D eigenvalue weighted by Crippen LogP contribution is 2.35. The molecule has 1 aromatic heterocycles. The average Bonchev–Trinajstić information content (AvgIpc) is 2.74. The predicted octanol–water partition coefficient (Wildman–Crippen LogP) is 1.89. The summed E-state index contributed by atoms with van der Waals surface area (Å²) in [4.78, 5) is 14.9. The van der Waals surface area contributed by atoms with Crippen molar-refractivity contribution in [2.45, 2.75) is 0 Å². The molecule has 0 aliphatic carbocycles. The fourth-order valence-corrected chi connectivity index (χ4v) is 2.23. The van der Waals surface area contributed by atoms with E-state index >= 15 is 0 Å². The van der Waals surface area contributed by atoms with Crippen molar-refractivity contribution in [3.63, 3.8) is 0 Å². The van der Waals surface area contributed by atoms with Crippen LogP contribution in [0.4, 0.5) is 0 Å². The van der Waals surface area contributed by atoms with Gasteiger partial charge < -0.3 is 14.5 Å². The van der Waals surface area contributed by atoms with Crippen LogP contribution in [-0.2, 0) is 0 Å². The van der Waals surface area contributed by atoms with E-state index in [1.807, 2.05) is 6.07 Å². The summed E-state index contributed by atoms with van der Waals surface area (Å²) in [6.45, 7) is 0.145. The minimum atomic E-state index is -0.327. The van der Waals surface area contributed by atoms with Gasteiger partial charge >= 0.3 is 0 Å². The highest BCUT2D eigenvalue weighted by Gasteiger charge is 2.17. The van der Waals surface area contributed by atoms with Crippen LogP contribution in [0.2, 0.25) is 0 Å². The zero-order chi connectivity index (χ0) is 12.0. The number of nitrogens with zero attached hydrogens (tertiary/aromatic N) is 1. The number of H-pyrrole nitrogens is 1. The van der Waals surface area contributed by atoms with Crippen molar-refractivity contribution in [1.29, 1.82) is 5.26 Å². The van der Waals surface area contributed by atoms with Crippen molar-refractivity contribution in [2.75, 3.05) is 6.79 Å². The number of hydrogen-bond acceptors (Lipinski definition) is 4. The fraction of sp³-hybridized carbons (Fsp3) is 0.0909. The molecule has 84 valence electrons. The zero-order valence-electron chi connectivity index (χ0n) is 8.41. The van der Waals surface area contributed by atoms with E-state index in [2.05, 4.69) is 20.9 Å². The maximum atomic E-state index is 12.0. The number of pyridine rings is 1. The Bertz CT molecular complexity index is 725. The molecule has 17 heavy (non-hydrogen) atoms. The van der Waals surface area contributed by atoms with Gasteiger partial charge in [0, 0.05) is 6.07 Å². The Morgan fingerprint density at radius 1 is 1.35 bits per heavy atom. The maximum absolute atomic E-state index is 12.0. The lowest BCUT2D eigenvalue weighted by Gasteiger charge is -2.03. The van der Waals surface area contributed by atoms with Crippen LogP contribution < -0.4 is 14.9 Å².